The Morgan fingerprint density at radius 2 is 1.55 bits per heavy atom. The van der Waals surface area contributed by atoms with E-state index in [2.05, 4.69) is 21.4 Å². The Morgan fingerprint density at radius 1 is 0.957 bits per heavy atom. The van der Waals surface area contributed by atoms with Crippen molar-refractivity contribution in [1.29, 1.82) is 0 Å². The van der Waals surface area contributed by atoms with Gasteiger partial charge in [-0.2, -0.15) is 4.98 Å². The monoisotopic (exact) mass is 637 g/mol. The molecule has 8 nitrogen and oxygen atoms in total. The lowest BCUT2D eigenvalue weighted by molar-refractivity contribution is -0.146. The lowest BCUT2D eigenvalue weighted by atomic mass is 9.76. The molecule has 0 saturated carbocycles. The van der Waals surface area contributed by atoms with E-state index in [4.69, 9.17) is 9.73 Å². The number of aromatic nitrogens is 2. The van der Waals surface area contributed by atoms with E-state index < -0.39 is 17.5 Å². The third kappa shape index (κ3) is 6.38. The SMILES string of the molecule is C=CCn1c2c(c(N3CCN(C(c4ccc(F)cc4)c4ccc(F)cc4)CC3)nc1=O)C(c1ccccc1)C(C(=O)OCC)C(C)=N2. The van der Waals surface area contributed by atoms with Crippen molar-refractivity contribution in [3.8, 4) is 0 Å². The number of hydrogen-bond donors (Lipinski definition) is 0. The van der Waals surface area contributed by atoms with Crippen LogP contribution in [0.5, 0.6) is 0 Å². The van der Waals surface area contributed by atoms with E-state index in [0.29, 0.717) is 49.1 Å². The maximum Gasteiger partial charge on any atom is 0.351 e. The number of benzene rings is 3. The van der Waals surface area contributed by atoms with Gasteiger partial charge >= 0.3 is 11.7 Å². The van der Waals surface area contributed by atoms with Gasteiger partial charge in [0.2, 0.25) is 0 Å². The van der Waals surface area contributed by atoms with Crippen molar-refractivity contribution in [2.75, 3.05) is 37.7 Å². The minimum Gasteiger partial charge on any atom is -0.465 e. The van der Waals surface area contributed by atoms with Gasteiger partial charge in [0.15, 0.2) is 0 Å². The third-order valence-electron chi connectivity index (χ3n) is 8.91. The summed E-state index contributed by atoms with van der Waals surface area (Å²) >= 11 is 0. The second-order valence-corrected chi connectivity index (χ2v) is 11.8. The van der Waals surface area contributed by atoms with Crippen molar-refractivity contribution in [2.24, 2.45) is 10.9 Å². The topological polar surface area (TPSA) is 80.0 Å². The Hall–Kier alpha value is -4.96. The molecule has 3 heterocycles. The zero-order chi connectivity index (χ0) is 33.1. The molecule has 3 aromatic carbocycles. The van der Waals surface area contributed by atoms with Gasteiger partial charge in [0.25, 0.3) is 0 Å². The Morgan fingerprint density at radius 3 is 2.11 bits per heavy atom. The van der Waals surface area contributed by atoms with Crippen LogP contribution < -0.4 is 10.6 Å². The third-order valence-corrected chi connectivity index (χ3v) is 8.91. The van der Waals surface area contributed by atoms with E-state index in [9.17, 15) is 18.4 Å². The van der Waals surface area contributed by atoms with Crippen LogP contribution in [0.2, 0.25) is 0 Å². The standard InChI is InChI=1S/C37H37F2N5O3/c1-4-19-44-35-32(31(25-9-7-6-8-10-25)30(24(3)40-35)36(45)47-5-2)34(41-37(44)46)43-22-20-42(21-23-43)33(26-11-15-28(38)16-12-26)27-13-17-29(39)18-14-27/h4,6-18,30-31,33H,1,5,19-23H2,2-3H3. The van der Waals surface area contributed by atoms with Crippen LogP contribution in [0.4, 0.5) is 20.4 Å². The highest BCUT2D eigenvalue weighted by Gasteiger charge is 2.43. The predicted octanol–water partition coefficient (Wildman–Crippen LogP) is 6.04. The van der Waals surface area contributed by atoms with Gasteiger partial charge in [-0.15, -0.1) is 6.58 Å². The van der Waals surface area contributed by atoms with Gasteiger partial charge in [-0.3, -0.25) is 14.3 Å². The molecule has 0 radical (unpaired) electrons. The number of carbonyl (C=O) groups is 1. The van der Waals surface area contributed by atoms with Gasteiger partial charge in [0, 0.05) is 49.9 Å². The number of rotatable bonds is 9. The van der Waals surface area contributed by atoms with E-state index in [1.54, 1.807) is 44.2 Å². The quantitative estimate of drug-likeness (QED) is 0.165. The predicted molar refractivity (Wildman–Crippen MR) is 178 cm³/mol. The lowest BCUT2D eigenvalue weighted by Gasteiger charge is -2.42. The first-order valence-corrected chi connectivity index (χ1v) is 15.8. The van der Waals surface area contributed by atoms with E-state index in [0.717, 1.165) is 16.7 Å². The van der Waals surface area contributed by atoms with E-state index in [1.807, 2.05) is 30.3 Å². The molecule has 0 spiro atoms. The van der Waals surface area contributed by atoms with Crippen LogP contribution in [0.15, 0.2) is 101 Å². The molecule has 0 bridgehead atoms. The largest absolute Gasteiger partial charge is 0.465 e. The zero-order valence-electron chi connectivity index (χ0n) is 26.5. The van der Waals surface area contributed by atoms with Gasteiger partial charge in [0.05, 0.1) is 12.6 Å². The normalized spacial score (nSPS) is 18.1. The van der Waals surface area contributed by atoms with Crippen molar-refractivity contribution in [3.05, 3.63) is 136 Å². The maximum atomic E-state index is 13.9. The van der Waals surface area contributed by atoms with Crippen LogP contribution >= 0.6 is 0 Å². The Bertz CT molecular complexity index is 1790. The lowest BCUT2D eigenvalue weighted by Crippen LogP contribution is -2.49. The molecule has 0 aliphatic carbocycles. The van der Waals surface area contributed by atoms with Crippen molar-refractivity contribution in [2.45, 2.75) is 32.4 Å². The highest BCUT2D eigenvalue weighted by Crippen LogP contribution is 2.46. The molecule has 2 atom stereocenters. The van der Waals surface area contributed by atoms with Crippen molar-refractivity contribution >= 4 is 23.3 Å². The first-order valence-electron chi connectivity index (χ1n) is 15.8. The molecule has 2 unspecified atom stereocenters. The summed E-state index contributed by atoms with van der Waals surface area (Å²) in [5, 5.41) is 0. The fraction of sp³-hybridized carbons (Fsp3) is 0.297. The second-order valence-electron chi connectivity index (χ2n) is 11.8. The molecule has 1 saturated heterocycles. The second kappa shape index (κ2) is 13.8. The molecule has 0 N–H and O–H groups in total. The summed E-state index contributed by atoms with van der Waals surface area (Å²) < 4.78 is 34.8. The van der Waals surface area contributed by atoms with E-state index in [-0.39, 0.29) is 36.8 Å². The summed E-state index contributed by atoms with van der Waals surface area (Å²) in [6.45, 7) is 10.0. The minimum absolute atomic E-state index is 0.210. The number of piperazine rings is 1. The maximum absolute atomic E-state index is 13.9. The summed E-state index contributed by atoms with van der Waals surface area (Å²) in [5.41, 5.74) is 3.47. The fourth-order valence-electron chi connectivity index (χ4n) is 6.78. The van der Waals surface area contributed by atoms with E-state index in [1.165, 1.54) is 28.8 Å². The number of anilines is 1. The summed E-state index contributed by atoms with van der Waals surface area (Å²) in [6.07, 6.45) is 1.63. The molecule has 0 amide bonds. The molecule has 10 heteroatoms. The molecule has 6 rings (SSSR count). The van der Waals surface area contributed by atoms with Gasteiger partial charge < -0.3 is 9.64 Å². The van der Waals surface area contributed by atoms with Crippen LogP contribution in [-0.2, 0) is 16.1 Å². The number of esters is 1. The van der Waals surface area contributed by atoms with Crippen molar-refractivity contribution in [1.82, 2.24) is 14.5 Å². The summed E-state index contributed by atoms with van der Waals surface area (Å²) in [4.78, 5) is 40.9. The Balaban J connectivity index is 1.42. The minimum atomic E-state index is -0.706. The number of nitrogens with zero attached hydrogens (tertiary/aromatic N) is 5. The number of aliphatic imine (C=N–C) groups is 1. The van der Waals surface area contributed by atoms with Gasteiger partial charge in [-0.05, 0) is 54.8 Å². The van der Waals surface area contributed by atoms with Crippen molar-refractivity contribution in [3.63, 3.8) is 0 Å². The first-order chi connectivity index (χ1) is 22.8. The molecular formula is C37H37F2N5O3. The average molecular weight is 638 g/mol. The molecule has 47 heavy (non-hydrogen) atoms. The zero-order valence-corrected chi connectivity index (χ0v) is 26.5. The summed E-state index contributed by atoms with van der Waals surface area (Å²) in [5.74, 6) is -1.29. The van der Waals surface area contributed by atoms with Crippen LogP contribution in [0, 0.1) is 17.6 Å². The average Bonchev–Trinajstić information content (AvgIpc) is 3.08. The Kier molecular flexibility index (Phi) is 9.40. The number of fused-ring (bicyclic) bond motifs is 1. The molecule has 4 aromatic rings. The first kappa shape index (κ1) is 32.0. The highest BCUT2D eigenvalue weighted by molar-refractivity contribution is 6.05. The highest BCUT2D eigenvalue weighted by atomic mass is 19.1. The van der Waals surface area contributed by atoms with Crippen LogP contribution in [0.1, 0.15) is 48.1 Å². The van der Waals surface area contributed by atoms with Gasteiger partial charge in [-0.25, -0.2) is 18.6 Å². The molecule has 2 aliphatic rings. The number of halogens is 2. The summed E-state index contributed by atoms with van der Waals surface area (Å²) in [6, 6.07) is 22.2. The van der Waals surface area contributed by atoms with Gasteiger partial charge in [-0.1, -0.05) is 60.7 Å². The summed E-state index contributed by atoms with van der Waals surface area (Å²) in [7, 11) is 0. The Labute approximate surface area is 272 Å². The molecule has 1 aromatic heterocycles. The smallest absolute Gasteiger partial charge is 0.351 e. The van der Waals surface area contributed by atoms with Crippen LogP contribution in [0.25, 0.3) is 0 Å². The molecule has 2 aliphatic heterocycles. The van der Waals surface area contributed by atoms with Crippen molar-refractivity contribution < 1.29 is 18.3 Å². The number of hydrogen-bond acceptors (Lipinski definition) is 7. The van der Waals surface area contributed by atoms with Crippen LogP contribution in [0.3, 0.4) is 0 Å². The number of ether oxygens (including phenoxy) is 1. The number of carbonyl (C=O) groups excluding carboxylic acids is 1. The molecule has 1 fully saturated rings. The number of allylic oxidation sites excluding steroid dienone is 1. The van der Waals surface area contributed by atoms with E-state index >= 15 is 0 Å². The van der Waals surface area contributed by atoms with Crippen LogP contribution in [-0.4, -0.2) is 58.9 Å². The molecular weight excluding hydrogens is 600 g/mol. The fourth-order valence-corrected chi connectivity index (χ4v) is 6.78. The van der Waals surface area contributed by atoms with Gasteiger partial charge in [0.1, 0.15) is 29.2 Å². The molecule has 242 valence electrons.